The maximum Gasteiger partial charge on any atom is 0.270 e. The smallest absolute Gasteiger partial charge is 0.270 e. The van der Waals surface area contributed by atoms with Crippen molar-refractivity contribution in [2.75, 3.05) is 11.7 Å². The number of imide groups is 1. The third-order valence-electron chi connectivity index (χ3n) is 4.44. The summed E-state index contributed by atoms with van der Waals surface area (Å²) in [6.07, 6.45) is -0.987. The van der Waals surface area contributed by atoms with E-state index in [9.17, 15) is 9.59 Å². The Hall–Kier alpha value is -3.03. The van der Waals surface area contributed by atoms with Crippen molar-refractivity contribution >= 4 is 34.8 Å². The molecule has 0 unspecified atom stereocenters. The van der Waals surface area contributed by atoms with Gasteiger partial charge in [-0.1, -0.05) is 23.7 Å². The number of anilines is 1. The van der Waals surface area contributed by atoms with Crippen LogP contribution in [-0.4, -0.2) is 24.7 Å². The molecule has 2 aromatic rings. The standard InChI is InChI=1S/C18H11ClN2O5/c19-10-3-1-9(2-4-10)15-14-16(26-20-15)18(23)21(17(14)22)11-5-6-12-13(7-11)25-8-24-12/h1-7,16,20H,8H2/t16-/m0/s1. The number of nitrogens with zero attached hydrogens (tertiary/aromatic N) is 1. The summed E-state index contributed by atoms with van der Waals surface area (Å²) in [6, 6.07) is 11.8. The Kier molecular flexibility index (Phi) is 3.22. The van der Waals surface area contributed by atoms with Crippen LogP contribution in [0.1, 0.15) is 5.56 Å². The molecule has 0 spiro atoms. The highest BCUT2D eigenvalue weighted by Crippen LogP contribution is 2.40. The molecule has 0 radical (unpaired) electrons. The fraction of sp³-hybridized carbons (Fsp3) is 0.111. The lowest BCUT2D eigenvalue weighted by Gasteiger charge is -2.16. The predicted molar refractivity (Wildman–Crippen MR) is 91.4 cm³/mol. The lowest BCUT2D eigenvalue weighted by molar-refractivity contribution is -0.127. The van der Waals surface area contributed by atoms with E-state index in [-0.39, 0.29) is 12.4 Å². The second-order valence-corrected chi connectivity index (χ2v) is 6.35. The van der Waals surface area contributed by atoms with Crippen LogP contribution in [0.5, 0.6) is 11.5 Å². The number of amides is 2. The fourth-order valence-corrected chi connectivity index (χ4v) is 3.32. The Balaban J connectivity index is 1.57. The lowest BCUT2D eigenvalue weighted by atomic mass is 10.1. The van der Waals surface area contributed by atoms with Crippen LogP contribution < -0.4 is 19.9 Å². The molecule has 3 aliphatic heterocycles. The third kappa shape index (κ3) is 2.11. The van der Waals surface area contributed by atoms with Crippen molar-refractivity contribution in [2.24, 2.45) is 0 Å². The van der Waals surface area contributed by atoms with Crippen molar-refractivity contribution in [3.05, 3.63) is 58.6 Å². The first-order valence-electron chi connectivity index (χ1n) is 7.83. The van der Waals surface area contributed by atoms with Crippen LogP contribution in [0.2, 0.25) is 5.02 Å². The normalized spacial score (nSPS) is 20.7. The number of rotatable bonds is 2. The summed E-state index contributed by atoms with van der Waals surface area (Å²) in [6.45, 7) is 0.113. The Morgan fingerprint density at radius 3 is 2.62 bits per heavy atom. The van der Waals surface area contributed by atoms with Gasteiger partial charge < -0.3 is 9.47 Å². The number of hydroxylamine groups is 1. The zero-order valence-corrected chi connectivity index (χ0v) is 13.9. The van der Waals surface area contributed by atoms with Crippen molar-refractivity contribution in [1.29, 1.82) is 0 Å². The van der Waals surface area contributed by atoms with Gasteiger partial charge in [0, 0.05) is 16.7 Å². The predicted octanol–water partition coefficient (Wildman–Crippen LogP) is 2.26. The molecule has 5 rings (SSSR count). The molecule has 2 aromatic carbocycles. The van der Waals surface area contributed by atoms with Gasteiger partial charge in [-0.2, -0.15) is 0 Å². The van der Waals surface area contributed by atoms with Crippen LogP contribution in [0.4, 0.5) is 5.69 Å². The molecule has 0 aromatic heterocycles. The number of carbonyl (C=O) groups excluding carboxylic acids is 2. The summed E-state index contributed by atoms with van der Waals surface area (Å²) in [4.78, 5) is 32.2. The minimum absolute atomic E-state index is 0.113. The molecule has 3 heterocycles. The SMILES string of the molecule is O=C1C2=C(c3ccc(Cl)cc3)NO[C@@H]2C(=O)N1c1ccc2c(c1)OCO2. The van der Waals surface area contributed by atoms with Crippen molar-refractivity contribution in [3.63, 3.8) is 0 Å². The third-order valence-corrected chi connectivity index (χ3v) is 4.69. The van der Waals surface area contributed by atoms with Gasteiger partial charge >= 0.3 is 0 Å². The maximum absolute atomic E-state index is 13.0. The molecule has 1 atom stereocenters. The highest BCUT2D eigenvalue weighted by atomic mass is 35.5. The summed E-state index contributed by atoms with van der Waals surface area (Å²) < 4.78 is 10.6. The minimum atomic E-state index is -0.987. The van der Waals surface area contributed by atoms with E-state index >= 15 is 0 Å². The maximum atomic E-state index is 13.0. The highest BCUT2D eigenvalue weighted by Gasteiger charge is 2.50. The van der Waals surface area contributed by atoms with E-state index in [0.29, 0.717) is 33.5 Å². The number of hydrogen-bond donors (Lipinski definition) is 1. The molecule has 0 bridgehead atoms. The second kappa shape index (κ2) is 5.48. The molecule has 1 fully saturated rings. The zero-order chi connectivity index (χ0) is 17.8. The van der Waals surface area contributed by atoms with Crippen molar-refractivity contribution < 1.29 is 23.9 Å². The van der Waals surface area contributed by atoms with Crippen LogP contribution in [0.3, 0.4) is 0 Å². The fourth-order valence-electron chi connectivity index (χ4n) is 3.19. The average molecular weight is 371 g/mol. The number of carbonyl (C=O) groups is 2. The summed E-state index contributed by atoms with van der Waals surface area (Å²) in [7, 11) is 0. The summed E-state index contributed by atoms with van der Waals surface area (Å²) in [5.74, 6) is 0.173. The van der Waals surface area contributed by atoms with Gasteiger partial charge in [0.1, 0.15) is 0 Å². The van der Waals surface area contributed by atoms with Crippen LogP contribution in [0, 0.1) is 0 Å². The molecule has 0 saturated carbocycles. The van der Waals surface area contributed by atoms with Crippen LogP contribution in [0.15, 0.2) is 48.0 Å². The van der Waals surface area contributed by atoms with Gasteiger partial charge in [0.05, 0.1) is 17.0 Å². The van der Waals surface area contributed by atoms with Gasteiger partial charge in [0.15, 0.2) is 17.6 Å². The van der Waals surface area contributed by atoms with Crippen LogP contribution in [-0.2, 0) is 14.4 Å². The molecule has 1 saturated heterocycles. The molecular weight excluding hydrogens is 360 g/mol. The van der Waals surface area contributed by atoms with E-state index in [2.05, 4.69) is 5.48 Å². The van der Waals surface area contributed by atoms with Crippen molar-refractivity contribution in [3.8, 4) is 11.5 Å². The molecule has 0 aliphatic carbocycles. The molecular formula is C18H11ClN2O5. The molecule has 8 heteroatoms. The molecule has 2 amide bonds. The van der Waals surface area contributed by atoms with Crippen LogP contribution >= 0.6 is 11.6 Å². The number of benzene rings is 2. The Bertz CT molecular complexity index is 986. The number of nitrogens with one attached hydrogen (secondary N) is 1. The van der Waals surface area contributed by atoms with Gasteiger partial charge in [-0.25, -0.2) is 4.90 Å². The van der Waals surface area contributed by atoms with Crippen molar-refractivity contribution in [1.82, 2.24) is 5.48 Å². The first kappa shape index (κ1) is 15.2. The number of ether oxygens (including phenoxy) is 2. The van der Waals surface area contributed by atoms with Gasteiger partial charge in [-0.15, -0.1) is 0 Å². The van der Waals surface area contributed by atoms with Crippen LogP contribution in [0.25, 0.3) is 5.70 Å². The summed E-state index contributed by atoms with van der Waals surface area (Å²) in [5, 5.41) is 0.575. The number of fused-ring (bicyclic) bond motifs is 2. The van der Waals surface area contributed by atoms with E-state index in [1.807, 2.05) is 0 Å². The largest absolute Gasteiger partial charge is 0.454 e. The summed E-state index contributed by atoms with van der Waals surface area (Å²) >= 11 is 5.91. The van der Waals surface area contributed by atoms with Crippen molar-refractivity contribution in [2.45, 2.75) is 6.10 Å². The number of halogens is 1. The topological polar surface area (TPSA) is 77.1 Å². The van der Waals surface area contributed by atoms with E-state index in [0.717, 1.165) is 4.90 Å². The molecule has 130 valence electrons. The molecule has 1 N–H and O–H groups in total. The Morgan fingerprint density at radius 2 is 1.81 bits per heavy atom. The number of hydrogen-bond acceptors (Lipinski definition) is 6. The lowest BCUT2D eigenvalue weighted by Crippen LogP contribution is -2.34. The second-order valence-electron chi connectivity index (χ2n) is 5.91. The molecule has 26 heavy (non-hydrogen) atoms. The highest BCUT2D eigenvalue weighted by molar-refractivity contribution is 6.33. The van der Waals surface area contributed by atoms with E-state index in [1.54, 1.807) is 42.5 Å². The summed E-state index contributed by atoms with van der Waals surface area (Å²) in [5.41, 5.74) is 4.55. The molecule has 7 nitrogen and oxygen atoms in total. The van der Waals surface area contributed by atoms with E-state index < -0.39 is 17.9 Å². The average Bonchev–Trinajstić information content (AvgIpc) is 3.33. The van der Waals surface area contributed by atoms with E-state index in [1.165, 1.54) is 0 Å². The Labute approximate surface area is 152 Å². The van der Waals surface area contributed by atoms with Gasteiger partial charge in [0.25, 0.3) is 11.8 Å². The van der Waals surface area contributed by atoms with Gasteiger partial charge in [-0.3, -0.25) is 19.9 Å². The van der Waals surface area contributed by atoms with E-state index in [4.69, 9.17) is 25.9 Å². The molecule has 3 aliphatic rings. The quantitative estimate of drug-likeness (QED) is 0.817. The van der Waals surface area contributed by atoms with Gasteiger partial charge in [-0.05, 0) is 24.3 Å². The first-order chi connectivity index (χ1) is 12.6. The zero-order valence-electron chi connectivity index (χ0n) is 13.2. The first-order valence-corrected chi connectivity index (χ1v) is 8.21. The minimum Gasteiger partial charge on any atom is -0.454 e. The Morgan fingerprint density at radius 1 is 1.04 bits per heavy atom. The van der Waals surface area contributed by atoms with Gasteiger partial charge in [0.2, 0.25) is 6.79 Å². The monoisotopic (exact) mass is 370 g/mol.